The summed E-state index contributed by atoms with van der Waals surface area (Å²) in [5, 5.41) is 9.35. The number of nitrogens with one attached hydrogen (secondary N) is 2. The molecule has 0 aromatic heterocycles. The molecule has 3 aromatic carbocycles. The zero-order chi connectivity index (χ0) is 22.2. The fraction of sp³-hybridized carbons (Fsp3) is 0.321. The molecule has 1 amide bonds. The number of hydrogen-bond acceptors (Lipinski definition) is 3. The number of fused-ring (bicyclic) bond motifs is 4. The average molecular weight is 427 g/mol. The van der Waals surface area contributed by atoms with Crippen molar-refractivity contribution in [2.24, 2.45) is 5.92 Å². The molecular formula is C28H30N2O2. The number of ether oxygens (including phenoxy) is 1. The van der Waals surface area contributed by atoms with Gasteiger partial charge in [-0.05, 0) is 66.3 Å². The van der Waals surface area contributed by atoms with Crippen LogP contribution in [-0.2, 0) is 0 Å². The van der Waals surface area contributed by atoms with Crippen molar-refractivity contribution in [2.75, 3.05) is 12.4 Å². The van der Waals surface area contributed by atoms with Crippen LogP contribution in [0.4, 0.5) is 5.69 Å². The molecule has 3 aromatic rings. The first-order chi connectivity index (χ1) is 15.6. The average Bonchev–Trinajstić information content (AvgIpc) is 3.33. The Morgan fingerprint density at radius 3 is 2.84 bits per heavy atom. The smallest absolute Gasteiger partial charge is 0.251 e. The molecule has 4 unspecified atom stereocenters. The number of carbonyl (C=O) groups excluding carboxylic acids is 1. The molecule has 1 aliphatic heterocycles. The van der Waals surface area contributed by atoms with Gasteiger partial charge in [0.05, 0.1) is 13.2 Å². The molecule has 32 heavy (non-hydrogen) atoms. The molecule has 4 heteroatoms. The van der Waals surface area contributed by atoms with E-state index in [1.54, 1.807) is 7.11 Å². The van der Waals surface area contributed by atoms with Crippen LogP contribution >= 0.6 is 0 Å². The van der Waals surface area contributed by atoms with Gasteiger partial charge in [-0.25, -0.2) is 0 Å². The lowest BCUT2D eigenvalue weighted by Gasteiger charge is -2.38. The van der Waals surface area contributed by atoms with E-state index in [1.165, 1.54) is 21.9 Å². The summed E-state index contributed by atoms with van der Waals surface area (Å²) in [7, 11) is 1.75. The Kier molecular flexibility index (Phi) is 5.38. The Bertz CT molecular complexity index is 1200. The number of benzene rings is 3. The molecular weight excluding hydrogens is 396 g/mol. The van der Waals surface area contributed by atoms with E-state index < -0.39 is 0 Å². The number of methoxy groups -OCH3 is 1. The van der Waals surface area contributed by atoms with Gasteiger partial charge in [0.1, 0.15) is 5.75 Å². The van der Waals surface area contributed by atoms with E-state index in [0.29, 0.717) is 5.92 Å². The summed E-state index contributed by atoms with van der Waals surface area (Å²) in [5.41, 5.74) is 4.24. The number of rotatable bonds is 5. The largest absolute Gasteiger partial charge is 0.496 e. The second kappa shape index (κ2) is 8.34. The number of carbonyl (C=O) groups is 1. The van der Waals surface area contributed by atoms with Gasteiger partial charge in [-0.2, -0.15) is 0 Å². The molecule has 0 saturated heterocycles. The fourth-order valence-electron chi connectivity index (χ4n) is 5.20. The minimum Gasteiger partial charge on any atom is -0.496 e. The van der Waals surface area contributed by atoms with Crippen LogP contribution in [0.25, 0.3) is 10.8 Å². The number of hydrogen-bond donors (Lipinski definition) is 2. The van der Waals surface area contributed by atoms with Crippen molar-refractivity contribution in [1.82, 2.24) is 5.32 Å². The normalized spacial score (nSPS) is 22.0. The first-order valence-corrected chi connectivity index (χ1v) is 11.5. The van der Waals surface area contributed by atoms with Gasteiger partial charge in [0.25, 0.3) is 5.91 Å². The van der Waals surface area contributed by atoms with Crippen LogP contribution in [0, 0.1) is 5.92 Å². The quantitative estimate of drug-likeness (QED) is 0.477. The van der Waals surface area contributed by atoms with Crippen LogP contribution in [0.3, 0.4) is 0 Å². The standard InChI is InChI=1S/C28H30N2O2/c1-4-17(2)29-28(31)19-12-14-24-23(16-19)21-10-7-11-22(21)27(30-24)26-20-9-6-5-8-18(20)13-15-25(26)32-3/h5-10,12-17,21-22,27,30H,4,11H2,1-3H3,(H,29,31). The van der Waals surface area contributed by atoms with Crippen LogP contribution in [-0.4, -0.2) is 19.1 Å². The van der Waals surface area contributed by atoms with Crippen molar-refractivity contribution in [3.8, 4) is 5.75 Å². The van der Waals surface area contributed by atoms with Crippen molar-refractivity contribution in [2.45, 2.75) is 44.7 Å². The monoisotopic (exact) mass is 426 g/mol. The van der Waals surface area contributed by atoms with Crippen LogP contribution < -0.4 is 15.4 Å². The van der Waals surface area contributed by atoms with Gasteiger partial charge in [-0.15, -0.1) is 0 Å². The van der Waals surface area contributed by atoms with Gasteiger partial charge in [-0.3, -0.25) is 4.79 Å². The van der Waals surface area contributed by atoms with Gasteiger partial charge in [-0.1, -0.05) is 49.4 Å². The van der Waals surface area contributed by atoms with Crippen LogP contribution in [0.2, 0.25) is 0 Å². The number of anilines is 1. The van der Waals surface area contributed by atoms with Crippen LogP contribution in [0.15, 0.2) is 66.7 Å². The van der Waals surface area contributed by atoms with E-state index in [-0.39, 0.29) is 23.9 Å². The van der Waals surface area contributed by atoms with Crippen LogP contribution in [0.5, 0.6) is 5.75 Å². The summed E-state index contributed by atoms with van der Waals surface area (Å²) in [6, 6.07) is 19.1. The van der Waals surface area contributed by atoms with E-state index in [0.717, 1.165) is 29.8 Å². The number of amides is 1. The Morgan fingerprint density at radius 2 is 2.03 bits per heavy atom. The Labute approximate surface area is 189 Å². The number of allylic oxidation sites excluding steroid dienone is 2. The van der Waals surface area contributed by atoms with Crippen molar-refractivity contribution >= 4 is 22.4 Å². The highest BCUT2D eigenvalue weighted by atomic mass is 16.5. The molecule has 0 fully saturated rings. The summed E-state index contributed by atoms with van der Waals surface area (Å²) in [6.45, 7) is 4.12. The van der Waals surface area contributed by atoms with Crippen molar-refractivity contribution in [3.63, 3.8) is 0 Å². The van der Waals surface area contributed by atoms with E-state index >= 15 is 0 Å². The van der Waals surface area contributed by atoms with Gasteiger partial charge < -0.3 is 15.4 Å². The topological polar surface area (TPSA) is 50.4 Å². The van der Waals surface area contributed by atoms with Gasteiger partial charge >= 0.3 is 0 Å². The third-order valence-corrected chi connectivity index (χ3v) is 7.08. The molecule has 0 radical (unpaired) electrons. The lowest BCUT2D eigenvalue weighted by molar-refractivity contribution is 0.0939. The van der Waals surface area contributed by atoms with Gasteiger partial charge in [0, 0.05) is 28.8 Å². The molecule has 4 nitrogen and oxygen atoms in total. The Balaban J connectivity index is 1.57. The maximum atomic E-state index is 12.7. The minimum atomic E-state index is -0.00137. The first-order valence-electron chi connectivity index (χ1n) is 11.5. The van der Waals surface area contributed by atoms with Crippen molar-refractivity contribution in [1.29, 1.82) is 0 Å². The fourth-order valence-corrected chi connectivity index (χ4v) is 5.20. The summed E-state index contributed by atoms with van der Waals surface area (Å²) >= 11 is 0. The maximum absolute atomic E-state index is 12.7. The third-order valence-electron chi connectivity index (χ3n) is 7.08. The third kappa shape index (κ3) is 3.44. The lowest BCUT2D eigenvalue weighted by Crippen LogP contribution is -2.33. The van der Waals surface area contributed by atoms with Gasteiger partial charge in [0.2, 0.25) is 0 Å². The SMILES string of the molecule is CCC(C)NC(=O)c1ccc2c(c1)C1C=CCC1C(c1c(OC)ccc3ccccc13)N2. The zero-order valence-electron chi connectivity index (χ0n) is 18.9. The zero-order valence-corrected chi connectivity index (χ0v) is 18.9. The second-order valence-corrected chi connectivity index (χ2v) is 8.96. The summed E-state index contributed by atoms with van der Waals surface area (Å²) in [5.74, 6) is 1.56. The van der Waals surface area contributed by atoms with E-state index in [1.807, 2.05) is 13.0 Å². The second-order valence-electron chi connectivity index (χ2n) is 8.96. The predicted molar refractivity (Wildman–Crippen MR) is 131 cm³/mol. The lowest BCUT2D eigenvalue weighted by atomic mass is 9.75. The molecule has 5 rings (SSSR count). The Morgan fingerprint density at radius 1 is 1.19 bits per heavy atom. The Hall–Kier alpha value is -3.27. The highest BCUT2D eigenvalue weighted by Crippen LogP contribution is 2.52. The van der Waals surface area contributed by atoms with E-state index in [4.69, 9.17) is 4.74 Å². The molecule has 1 aliphatic carbocycles. The molecule has 0 bridgehead atoms. The molecule has 1 heterocycles. The highest BCUT2D eigenvalue weighted by molar-refractivity contribution is 5.95. The van der Waals surface area contributed by atoms with Crippen molar-refractivity contribution < 1.29 is 9.53 Å². The minimum absolute atomic E-state index is 0.00137. The highest BCUT2D eigenvalue weighted by Gasteiger charge is 2.40. The molecule has 2 aliphatic rings. The molecule has 164 valence electrons. The van der Waals surface area contributed by atoms with Gasteiger partial charge in [0.15, 0.2) is 0 Å². The molecule has 0 saturated carbocycles. The first kappa shape index (κ1) is 20.6. The molecule has 2 N–H and O–H groups in total. The molecule has 0 spiro atoms. The predicted octanol–water partition coefficient (Wildman–Crippen LogP) is 6.20. The maximum Gasteiger partial charge on any atom is 0.251 e. The summed E-state index contributed by atoms with van der Waals surface area (Å²) in [4.78, 5) is 12.7. The van der Waals surface area contributed by atoms with E-state index in [9.17, 15) is 4.79 Å². The van der Waals surface area contributed by atoms with Crippen molar-refractivity contribution in [3.05, 3.63) is 83.4 Å². The van der Waals surface area contributed by atoms with E-state index in [2.05, 4.69) is 78.2 Å². The summed E-state index contributed by atoms with van der Waals surface area (Å²) in [6.07, 6.45) is 6.51. The van der Waals surface area contributed by atoms with Crippen LogP contribution in [0.1, 0.15) is 60.1 Å². The molecule has 4 atom stereocenters. The summed E-state index contributed by atoms with van der Waals surface area (Å²) < 4.78 is 5.83.